The Balaban J connectivity index is 3.06. The molecular formula is C9H17BrN2O2. The van der Waals surface area contributed by atoms with Crippen LogP contribution >= 0.6 is 15.9 Å². The molecule has 0 radical (unpaired) electrons. The van der Waals surface area contributed by atoms with Gasteiger partial charge in [0.1, 0.15) is 0 Å². The molecule has 5 heteroatoms. The largest absolute Gasteiger partial charge is 0.355 e. The average Bonchev–Trinajstić information content (AvgIpc) is 2.15. The first-order chi connectivity index (χ1) is 6.66. The molecule has 2 N–H and O–H groups in total. The van der Waals surface area contributed by atoms with E-state index in [1.54, 1.807) is 0 Å². The predicted molar refractivity (Wildman–Crippen MR) is 60.2 cm³/mol. The minimum absolute atomic E-state index is 0.00727. The van der Waals surface area contributed by atoms with Gasteiger partial charge in [0.05, 0.1) is 11.9 Å². The smallest absolute Gasteiger partial charge is 0.230 e. The molecule has 0 saturated carbocycles. The summed E-state index contributed by atoms with van der Waals surface area (Å²) >= 11 is 3.06. The van der Waals surface area contributed by atoms with Crippen molar-refractivity contribution in [2.75, 3.05) is 25.0 Å². The van der Waals surface area contributed by atoms with E-state index in [0.717, 1.165) is 18.5 Å². The number of carbonyl (C=O) groups excluding carboxylic acids is 1. The van der Waals surface area contributed by atoms with Gasteiger partial charge in [-0.3, -0.25) is 9.63 Å². The van der Waals surface area contributed by atoms with Crippen molar-refractivity contribution < 1.29 is 9.63 Å². The monoisotopic (exact) mass is 264 g/mol. The SMILES string of the molecule is C=C(C)CONCCCNC(=O)CBr. The predicted octanol–water partition coefficient (Wildman–Crippen LogP) is 0.985. The topological polar surface area (TPSA) is 50.4 Å². The lowest BCUT2D eigenvalue weighted by Crippen LogP contribution is -2.28. The van der Waals surface area contributed by atoms with Crippen LogP contribution < -0.4 is 10.8 Å². The first-order valence-electron chi connectivity index (χ1n) is 4.48. The summed E-state index contributed by atoms with van der Waals surface area (Å²) in [7, 11) is 0. The van der Waals surface area contributed by atoms with E-state index >= 15 is 0 Å². The standard InChI is InChI=1S/C9H17BrN2O2/c1-8(2)7-14-12-5-3-4-11-9(13)6-10/h12H,1,3-7H2,2H3,(H,11,13). The third-order valence-electron chi connectivity index (χ3n) is 1.32. The van der Waals surface area contributed by atoms with Gasteiger partial charge in [-0.15, -0.1) is 0 Å². The maximum Gasteiger partial charge on any atom is 0.230 e. The maximum atomic E-state index is 10.8. The van der Waals surface area contributed by atoms with Crippen molar-refractivity contribution in [1.29, 1.82) is 0 Å². The molecule has 0 aromatic rings. The normalized spacial score (nSPS) is 9.86. The van der Waals surface area contributed by atoms with Crippen LogP contribution in [0.25, 0.3) is 0 Å². The molecule has 0 aliphatic carbocycles. The number of rotatable bonds is 8. The molecule has 0 aromatic heterocycles. The van der Waals surface area contributed by atoms with Gasteiger partial charge in [-0.05, 0) is 13.3 Å². The molecule has 0 unspecified atom stereocenters. The second kappa shape index (κ2) is 9.18. The summed E-state index contributed by atoms with van der Waals surface area (Å²) in [6.45, 7) is 7.50. The van der Waals surface area contributed by atoms with Crippen molar-refractivity contribution in [3.63, 3.8) is 0 Å². The van der Waals surface area contributed by atoms with Crippen LogP contribution in [0, 0.1) is 0 Å². The Kier molecular flexibility index (Phi) is 8.92. The second-order valence-corrected chi connectivity index (χ2v) is 3.54. The lowest BCUT2D eigenvalue weighted by Gasteiger charge is -2.05. The lowest BCUT2D eigenvalue weighted by molar-refractivity contribution is -0.118. The van der Waals surface area contributed by atoms with Crippen molar-refractivity contribution in [3.05, 3.63) is 12.2 Å². The van der Waals surface area contributed by atoms with E-state index in [-0.39, 0.29) is 5.91 Å². The van der Waals surface area contributed by atoms with E-state index in [4.69, 9.17) is 4.84 Å². The Bertz CT molecular complexity index is 186. The zero-order valence-corrected chi connectivity index (χ0v) is 10.0. The summed E-state index contributed by atoms with van der Waals surface area (Å²) in [4.78, 5) is 15.8. The fourth-order valence-electron chi connectivity index (χ4n) is 0.682. The zero-order chi connectivity index (χ0) is 10.8. The van der Waals surface area contributed by atoms with E-state index in [2.05, 4.69) is 33.3 Å². The lowest BCUT2D eigenvalue weighted by atomic mass is 10.4. The molecule has 0 fully saturated rings. The summed E-state index contributed by atoms with van der Waals surface area (Å²) in [6, 6.07) is 0. The number of nitrogens with one attached hydrogen (secondary N) is 2. The fraction of sp³-hybridized carbons (Fsp3) is 0.667. The van der Waals surface area contributed by atoms with Gasteiger partial charge in [0, 0.05) is 13.1 Å². The second-order valence-electron chi connectivity index (χ2n) is 2.98. The average molecular weight is 265 g/mol. The van der Waals surface area contributed by atoms with Crippen molar-refractivity contribution in [2.24, 2.45) is 0 Å². The van der Waals surface area contributed by atoms with Gasteiger partial charge in [0.15, 0.2) is 0 Å². The van der Waals surface area contributed by atoms with Crippen LogP contribution in [0.4, 0.5) is 0 Å². The van der Waals surface area contributed by atoms with E-state index in [0.29, 0.717) is 18.5 Å². The van der Waals surface area contributed by atoms with Gasteiger partial charge in [0.25, 0.3) is 0 Å². The molecule has 4 nitrogen and oxygen atoms in total. The quantitative estimate of drug-likeness (QED) is 0.298. The Morgan fingerprint density at radius 3 is 2.79 bits per heavy atom. The van der Waals surface area contributed by atoms with Crippen LogP contribution in [0.2, 0.25) is 0 Å². The number of hydrogen-bond acceptors (Lipinski definition) is 3. The highest BCUT2D eigenvalue weighted by Gasteiger charge is 1.95. The third-order valence-corrected chi connectivity index (χ3v) is 1.83. The van der Waals surface area contributed by atoms with Gasteiger partial charge >= 0.3 is 0 Å². The van der Waals surface area contributed by atoms with Gasteiger partial charge in [-0.25, -0.2) is 5.48 Å². The molecule has 0 aliphatic rings. The first-order valence-corrected chi connectivity index (χ1v) is 5.60. The minimum atomic E-state index is 0.00727. The highest BCUT2D eigenvalue weighted by atomic mass is 79.9. The van der Waals surface area contributed by atoms with Gasteiger partial charge in [-0.1, -0.05) is 28.1 Å². The van der Waals surface area contributed by atoms with E-state index in [1.807, 2.05) is 6.92 Å². The highest BCUT2D eigenvalue weighted by molar-refractivity contribution is 9.09. The van der Waals surface area contributed by atoms with Gasteiger partial charge in [0.2, 0.25) is 5.91 Å². The molecule has 0 heterocycles. The van der Waals surface area contributed by atoms with Crippen LogP contribution in [0.1, 0.15) is 13.3 Å². The summed E-state index contributed by atoms with van der Waals surface area (Å²) in [5.41, 5.74) is 3.76. The van der Waals surface area contributed by atoms with Crippen molar-refractivity contribution >= 4 is 21.8 Å². The number of carbonyl (C=O) groups is 1. The van der Waals surface area contributed by atoms with Crippen LogP contribution in [0.5, 0.6) is 0 Å². The van der Waals surface area contributed by atoms with Crippen LogP contribution in [0.3, 0.4) is 0 Å². The summed E-state index contributed by atoms with van der Waals surface area (Å²) in [6.07, 6.45) is 0.842. The molecule has 14 heavy (non-hydrogen) atoms. The molecule has 0 rings (SSSR count). The molecule has 0 saturated heterocycles. The van der Waals surface area contributed by atoms with E-state index in [1.165, 1.54) is 0 Å². The minimum Gasteiger partial charge on any atom is -0.355 e. The van der Waals surface area contributed by atoms with Gasteiger partial charge < -0.3 is 5.32 Å². The number of hydrogen-bond donors (Lipinski definition) is 2. The Labute approximate surface area is 93.2 Å². The molecule has 0 aromatic carbocycles. The number of hydroxylamine groups is 1. The summed E-state index contributed by atoms with van der Waals surface area (Å²) in [5.74, 6) is 0.00727. The van der Waals surface area contributed by atoms with E-state index in [9.17, 15) is 4.79 Å². The van der Waals surface area contributed by atoms with Crippen LogP contribution in [-0.4, -0.2) is 30.9 Å². The number of halogens is 1. The molecule has 0 atom stereocenters. The Hall–Kier alpha value is -0.390. The number of amides is 1. The summed E-state index contributed by atoms with van der Waals surface area (Å²) in [5, 5.41) is 3.09. The third kappa shape index (κ3) is 9.70. The summed E-state index contributed by atoms with van der Waals surface area (Å²) < 4.78 is 0. The van der Waals surface area contributed by atoms with E-state index < -0.39 is 0 Å². The van der Waals surface area contributed by atoms with Crippen molar-refractivity contribution in [2.45, 2.75) is 13.3 Å². The van der Waals surface area contributed by atoms with Crippen molar-refractivity contribution in [3.8, 4) is 0 Å². The first kappa shape index (κ1) is 13.6. The number of alkyl halides is 1. The zero-order valence-electron chi connectivity index (χ0n) is 8.44. The molecule has 0 bridgehead atoms. The molecule has 0 spiro atoms. The van der Waals surface area contributed by atoms with Crippen molar-refractivity contribution in [1.82, 2.24) is 10.8 Å². The fourth-order valence-corrected chi connectivity index (χ4v) is 0.880. The van der Waals surface area contributed by atoms with Crippen LogP contribution in [-0.2, 0) is 9.63 Å². The maximum absolute atomic E-state index is 10.8. The van der Waals surface area contributed by atoms with Crippen LogP contribution in [0.15, 0.2) is 12.2 Å². The molecule has 82 valence electrons. The Morgan fingerprint density at radius 2 is 2.21 bits per heavy atom. The molecule has 1 amide bonds. The Morgan fingerprint density at radius 1 is 1.50 bits per heavy atom. The molecular weight excluding hydrogens is 248 g/mol. The molecule has 0 aliphatic heterocycles. The van der Waals surface area contributed by atoms with Gasteiger partial charge in [-0.2, -0.15) is 0 Å². The highest BCUT2D eigenvalue weighted by Crippen LogP contribution is 1.85.